The van der Waals surface area contributed by atoms with E-state index in [1.165, 1.54) is 24.8 Å². The van der Waals surface area contributed by atoms with Gasteiger partial charge in [-0.3, -0.25) is 4.79 Å². The number of carbonyl (C=O) groups is 1. The third-order valence-corrected chi connectivity index (χ3v) is 5.11. The first kappa shape index (κ1) is 12.2. The fraction of sp³-hybridized carbons (Fsp3) is 0.533. The summed E-state index contributed by atoms with van der Waals surface area (Å²) in [6.45, 7) is 2.05. The summed E-state index contributed by atoms with van der Waals surface area (Å²) < 4.78 is 0.971. The van der Waals surface area contributed by atoms with Crippen LogP contribution in [-0.2, 0) is 4.79 Å². The summed E-state index contributed by atoms with van der Waals surface area (Å²) in [5, 5.41) is 3.08. The van der Waals surface area contributed by atoms with Gasteiger partial charge >= 0.3 is 0 Å². The first-order valence-electron chi connectivity index (χ1n) is 6.70. The molecule has 0 aromatic heterocycles. The molecule has 1 amide bonds. The number of hydrogen-bond donors (Lipinski definition) is 1. The summed E-state index contributed by atoms with van der Waals surface area (Å²) in [4.78, 5) is 12.3. The van der Waals surface area contributed by atoms with Crippen LogP contribution < -0.4 is 5.32 Å². The molecule has 0 unspecified atom stereocenters. The second-order valence-corrected chi connectivity index (χ2v) is 6.61. The molecule has 1 aromatic rings. The molecule has 2 fully saturated rings. The Morgan fingerprint density at radius 2 is 2.17 bits per heavy atom. The summed E-state index contributed by atoms with van der Waals surface area (Å²) in [6, 6.07) is 6.04. The Hall–Kier alpha value is -0.830. The van der Waals surface area contributed by atoms with E-state index in [4.69, 9.17) is 0 Å². The molecule has 0 aliphatic heterocycles. The average molecular weight is 308 g/mol. The molecular weight excluding hydrogens is 290 g/mol. The molecule has 96 valence electrons. The predicted molar refractivity (Wildman–Crippen MR) is 76.4 cm³/mol. The maximum Gasteiger partial charge on any atom is 0.227 e. The van der Waals surface area contributed by atoms with Gasteiger partial charge in [-0.2, -0.15) is 0 Å². The van der Waals surface area contributed by atoms with E-state index >= 15 is 0 Å². The quantitative estimate of drug-likeness (QED) is 0.874. The Bertz CT molecular complexity index is 485. The van der Waals surface area contributed by atoms with Crippen molar-refractivity contribution in [3.8, 4) is 0 Å². The largest absolute Gasteiger partial charge is 0.325 e. The summed E-state index contributed by atoms with van der Waals surface area (Å²) in [5.74, 6) is 1.91. The minimum atomic E-state index is 0.215. The molecule has 0 spiro atoms. The molecule has 3 heteroatoms. The Kier molecular flexibility index (Phi) is 3.18. The van der Waals surface area contributed by atoms with Crippen LogP contribution in [-0.4, -0.2) is 5.91 Å². The third kappa shape index (κ3) is 2.20. The van der Waals surface area contributed by atoms with Crippen molar-refractivity contribution < 1.29 is 4.79 Å². The van der Waals surface area contributed by atoms with Gasteiger partial charge in [0.05, 0.1) is 5.69 Å². The molecule has 3 atom stereocenters. The third-order valence-electron chi connectivity index (χ3n) is 4.46. The Morgan fingerprint density at radius 1 is 1.33 bits per heavy atom. The van der Waals surface area contributed by atoms with Gasteiger partial charge in [0.1, 0.15) is 0 Å². The van der Waals surface area contributed by atoms with Gasteiger partial charge in [-0.15, -0.1) is 0 Å². The van der Waals surface area contributed by atoms with Crippen molar-refractivity contribution in [2.75, 3.05) is 5.32 Å². The normalized spacial score (nSPS) is 29.6. The number of nitrogens with one attached hydrogen (secondary N) is 1. The minimum absolute atomic E-state index is 0.215. The molecule has 2 nitrogen and oxygen atoms in total. The summed E-state index contributed by atoms with van der Waals surface area (Å²) >= 11 is 3.51. The van der Waals surface area contributed by atoms with Crippen molar-refractivity contribution in [3.05, 3.63) is 28.2 Å². The Labute approximate surface area is 116 Å². The van der Waals surface area contributed by atoms with Crippen LogP contribution in [0.3, 0.4) is 0 Å². The predicted octanol–water partition coefficient (Wildman–Crippen LogP) is 4.13. The zero-order valence-corrected chi connectivity index (χ0v) is 12.2. The minimum Gasteiger partial charge on any atom is -0.325 e. The molecule has 18 heavy (non-hydrogen) atoms. The first-order chi connectivity index (χ1) is 8.63. The fourth-order valence-corrected chi connectivity index (χ4v) is 4.11. The van der Waals surface area contributed by atoms with E-state index in [0.717, 1.165) is 22.5 Å². The lowest BCUT2D eigenvalue weighted by Crippen LogP contribution is -2.27. The van der Waals surface area contributed by atoms with Crippen molar-refractivity contribution in [3.63, 3.8) is 0 Å². The average Bonchev–Trinajstić information content (AvgIpc) is 2.94. The molecule has 2 aliphatic carbocycles. The number of halogens is 1. The van der Waals surface area contributed by atoms with E-state index in [9.17, 15) is 4.79 Å². The number of amides is 1. The van der Waals surface area contributed by atoms with E-state index in [1.54, 1.807) is 0 Å². The smallest absolute Gasteiger partial charge is 0.227 e. The molecule has 1 N–H and O–H groups in total. The highest BCUT2D eigenvalue weighted by molar-refractivity contribution is 9.10. The van der Waals surface area contributed by atoms with Gasteiger partial charge in [0.25, 0.3) is 0 Å². The van der Waals surface area contributed by atoms with Crippen molar-refractivity contribution in [1.29, 1.82) is 0 Å². The maximum atomic E-state index is 12.3. The summed E-state index contributed by atoms with van der Waals surface area (Å²) in [7, 11) is 0. The number of benzene rings is 1. The van der Waals surface area contributed by atoms with Crippen LogP contribution in [0, 0.1) is 24.7 Å². The Balaban J connectivity index is 1.71. The van der Waals surface area contributed by atoms with Gasteiger partial charge in [-0.05, 0) is 71.6 Å². The lowest BCUT2D eigenvalue weighted by Gasteiger charge is -2.21. The molecule has 2 bridgehead atoms. The second kappa shape index (κ2) is 4.69. The second-order valence-electron chi connectivity index (χ2n) is 5.75. The van der Waals surface area contributed by atoms with Gasteiger partial charge in [-0.1, -0.05) is 12.5 Å². The molecular formula is C15H18BrNO. The summed E-state index contributed by atoms with van der Waals surface area (Å²) in [6.07, 6.45) is 4.95. The highest BCUT2D eigenvalue weighted by Gasteiger charge is 2.43. The fourth-order valence-electron chi connectivity index (χ4n) is 3.51. The van der Waals surface area contributed by atoms with Gasteiger partial charge in [0.15, 0.2) is 0 Å². The molecule has 0 radical (unpaired) electrons. The highest BCUT2D eigenvalue weighted by Crippen LogP contribution is 2.48. The van der Waals surface area contributed by atoms with Crippen LogP contribution >= 0.6 is 15.9 Å². The van der Waals surface area contributed by atoms with Crippen molar-refractivity contribution in [2.45, 2.75) is 32.6 Å². The van der Waals surface area contributed by atoms with Crippen LogP contribution in [0.2, 0.25) is 0 Å². The molecule has 0 saturated heterocycles. The molecule has 2 aliphatic rings. The SMILES string of the molecule is Cc1ccc(NC(=O)[C@@H]2C[C@H]3CC[C@H]2C3)c(Br)c1. The number of rotatable bonds is 2. The standard InChI is InChI=1S/C15H18BrNO/c1-9-2-5-14(13(16)6-9)17-15(18)12-8-10-3-4-11(12)7-10/h2,5-6,10-12H,3-4,7-8H2,1H3,(H,17,18)/t10-,11-,12+/m0/s1. The van der Waals surface area contributed by atoms with Crippen molar-refractivity contribution >= 4 is 27.5 Å². The molecule has 2 saturated carbocycles. The first-order valence-corrected chi connectivity index (χ1v) is 7.50. The van der Waals surface area contributed by atoms with E-state index in [-0.39, 0.29) is 11.8 Å². The highest BCUT2D eigenvalue weighted by atomic mass is 79.9. The number of anilines is 1. The van der Waals surface area contributed by atoms with Crippen LogP contribution in [0.5, 0.6) is 0 Å². The topological polar surface area (TPSA) is 29.1 Å². The van der Waals surface area contributed by atoms with Crippen LogP contribution in [0.1, 0.15) is 31.2 Å². The zero-order valence-electron chi connectivity index (χ0n) is 10.6. The zero-order chi connectivity index (χ0) is 12.7. The van der Waals surface area contributed by atoms with Crippen molar-refractivity contribution in [1.82, 2.24) is 0 Å². The van der Waals surface area contributed by atoms with E-state index in [1.807, 2.05) is 25.1 Å². The van der Waals surface area contributed by atoms with Gasteiger partial charge < -0.3 is 5.32 Å². The van der Waals surface area contributed by atoms with Crippen LogP contribution in [0.25, 0.3) is 0 Å². The maximum absolute atomic E-state index is 12.3. The number of hydrogen-bond acceptors (Lipinski definition) is 1. The van der Waals surface area contributed by atoms with E-state index in [0.29, 0.717) is 5.92 Å². The lowest BCUT2D eigenvalue weighted by molar-refractivity contribution is -0.121. The van der Waals surface area contributed by atoms with Crippen molar-refractivity contribution in [2.24, 2.45) is 17.8 Å². The van der Waals surface area contributed by atoms with Gasteiger partial charge in [0.2, 0.25) is 5.91 Å². The molecule has 1 aromatic carbocycles. The van der Waals surface area contributed by atoms with Crippen LogP contribution in [0.4, 0.5) is 5.69 Å². The number of fused-ring (bicyclic) bond motifs is 2. The number of carbonyl (C=O) groups excluding carboxylic acids is 1. The van der Waals surface area contributed by atoms with Gasteiger partial charge in [-0.25, -0.2) is 0 Å². The monoisotopic (exact) mass is 307 g/mol. The van der Waals surface area contributed by atoms with Gasteiger partial charge in [0, 0.05) is 10.4 Å². The number of aryl methyl sites for hydroxylation is 1. The Morgan fingerprint density at radius 3 is 2.78 bits per heavy atom. The summed E-state index contributed by atoms with van der Waals surface area (Å²) in [5.41, 5.74) is 2.09. The van der Waals surface area contributed by atoms with Crippen LogP contribution in [0.15, 0.2) is 22.7 Å². The molecule has 3 rings (SSSR count). The lowest BCUT2D eigenvalue weighted by atomic mass is 9.88. The van der Waals surface area contributed by atoms with E-state index in [2.05, 4.69) is 21.2 Å². The molecule has 0 heterocycles. The van der Waals surface area contributed by atoms with E-state index < -0.39 is 0 Å².